The molecule has 18 heavy (non-hydrogen) atoms. The van der Waals surface area contributed by atoms with Crippen LogP contribution in [0, 0.1) is 0 Å². The van der Waals surface area contributed by atoms with Gasteiger partial charge in [-0.05, 0) is 18.6 Å². The normalized spacial score (nSPS) is 14.1. The van der Waals surface area contributed by atoms with E-state index in [2.05, 4.69) is 20.6 Å². The van der Waals surface area contributed by atoms with Crippen molar-refractivity contribution in [1.82, 2.24) is 20.2 Å². The van der Waals surface area contributed by atoms with Crippen molar-refractivity contribution in [3.8, 4) is 0 Å². The molecule has 0 aliphatic carbocycles. The second-order valence-electron chi connectivity index (χ2n) is 3.66. The molecule has 7 heteroatoms. The van der Waals surface area contributed by atoms with Crippen molar-refractivity contribution in [1.29, 1.82) is 0 Å². The lowest BCUT2D eigenvalue weighted by Gasteiger charge is -2.12. The van der Waals surface area contributed by atoms with Gasteiger partial charge in [0.1, 0.15) is 0 Å². The molecule has 0 bridgehead atoms. The Labute approximate surface area is 116 Å². The predicted molar refractivity (Wildman–Crippen MR) is 79.6 cm³/mol. The fourth-order valence-corrected chi connectivity index (χ4v) is 2.33. The molecule has 5 nitrogen and oxygen atoms in total. The number of aromatic nitrogens is 2. The number of hydrogen-bond acceptors (Lipinski definition) is 4. The van der Waals surface area contributed by atoms with E-state index in [0.29, 0.717) is 5.11 Å². The van der Waals surface area contributed by atoms with Crippen LogP contribution in [0.1, 0.15) is 6.42 Å². The van der Waals surface area contributed by atoms with Crippen LogP contribution in [0.2, 0.25) is 0 Å². The minimum Gasteiger partial charge on any atom is -0.362 e. The van der Waals surface area contributed by atoms with E-state index >= 15 is 0 Å². The summed E-state index contributed by atoms with van der Waals surface area (Å²) in [4.78, 5) is 8.18. The molecule has 0 radical (unpaired) electrons. The third-order valence-electron chi connectivity index (χ3n) is 2.27. The Kier molecular flexibility index (Phi) is 5.22. The summed E-state index contributed by atoms with van der Waals surface area (Å²) in [6.07, 6.45) is 10.4. The van der Waals surface area contributed by atoms with E-state index in [-0.39, 0.29) is 0 Å². The molecule has 2 N–H and O–H groups in total. The number of thiocarbonyl (C=S) groups is 1. The van der Waals surface area contributed by atoms with Crippen LogP contribution in [-0.2, 0) is 6.54 Å². The Morgan fingerprint density at radius 1 is 1.56 bits per heavy atom. The van der Waals surface area contributed by atoms with Crippen LogP contribution in [0.15, 0.2) is 36.0 Å². The number of aryl methyl sites for hydroxylation is 1. The smallest absolute Gasteiger partial charge is 0.172 e. The highest BCUT2D eigenvalue weighted by molar-refractivity contribution is 8.14. The maximum Gasteiger partial charge on any atom is 0.172 e. The Balaban J connectivity index is 1.60. The summed E-state index contributed by atoms with van der Waals surface area (Å²) in [6, 6.07) is 0. The maximum atomic E-state index is 5.19. The molecule has 96 valence electrons. The van der Waals surface area contributed by atoms with Crippen molar-refractivity contribution in [2.45, 2.75) is 13.0 Å². The van der Waals surface area contributed by atoms with Crippen molar-refractivity contribution >= 4 is 34.3 Å². The Morgan fingerprint density at radius 3 is 3.22 bits per heavy atom. The van der Waals surface area contributed by atoms with Crippen LogP contribution < -0.4 is 10.6 Å². The monoisotopic (exact) mass is 281 g/mol. The van der Waals surface area contributed by atoms with Gasteiger partial charge in [0.15, 0.2) is 10.3 Å². The lowest BCUT2D eigenvalue weighted by atomic mass is 10.4. The quantitative estimate of drug-likeness (QED) is 0.644. The van der Waals surface area contributed by atoms with Gasteiger partial charge in [-0.2, -0.15) is 0 Å². The molecule has 0 saturated heterocycles. The zero-order chi connectivity index (χ0) is 12.6. The molecule has 0 fully saturated rings. The molecule has 0 spiro atoms. The van der Waals surface area contributed by atoms with Gasteiger partial charge in [0.25, 0.3) is 0 Å². The number of nitrogens with zero attached hydrogens (tertiary/aromatic N) is 3. The molecular weight excluding hydrogens is 266 g/mol. The van der Waals surface area contributed by atoms with Crippen LogP contribution in [-0.4, -0.2) is 32.1 Å². The number of nitrogens with one attached hydrogen (secondary N) is 2. The fraction of sp³-hybridized carbons (Fsp3) is 0.364. The van der Waals surface area contributed by atoms with Gasteiger partial charge < -0.3 is 15.2 Å². The molecule has 1 aromatic rings. The molecule has 1 aliphatic heterocycles. The van der Waals surface area contributed by atoms with Crippen molar-refractivity contribution in [2.24, 2.45) is 4.99 Å². The Morgan fingerprint density at radius 2 is 2.50 bits per heavy atom. The maximum absolute atomic E-state index is 5.19. The van der Waals surface area contributed by atoms with Gasteiger partial charge in [-0.1, -0.05) is 17.8 Å². The van der Waals surface area contributed by atoms with E-state index in [0.717, 1.165) is 30.4 Å². The summed E-state index contributed by atoms with van der Waals surface area (Å²) in [5, 5.41) is 7.71. The van der Waals surface area contributed by atoms with Crippen molar-refractivity contribution in [3.63, 3.8) is 0 Å². The molecule has 0 unspecified atom stereocenters. The second-order valence-corrected chi connectivity index (χ2v) is 5.08. The highest BCUT2D eigenvalue weighted by atomic mass is 32.2. The lowest BCUT2D eigenvalue weighted by molar-refractivity contribution is 0.630. The van der Waals surface area contributed by atoms with Crippen LogP contribution >= 0.6 is 24.0 Å². The predicted octanol–water partition coefficient (Wildman–Crippen LogP) is 1.35. The largest absolute Gasteiger partial charge is 0.362 e. The van der Waals surface area contributed by atoms with Gasteiger partial charge in [0.05, 0.1) is 6.33 Å². The van der Waals surface area contributed by atoms with E-state index in [9.17, 15) is 0 Å². The molecule has 2 rings (SSSR count). The summed E-state index contributed by atoms with van der Waals surface area (Å²) in [5.41, 5.74) is 0. The van der Waals surface area contributed by atoms with Crippen LogP contribution in [0.5, 0.6) is 0 Å². The SMILES string of the molecule is S=C(NCCCn1ccnc1)NC1=NC=CCS1. The van der Waals surface area contributed by atoms with Crippen LogP contribution in [0.25, 0.3) is 0 Å². The number of hydrogen-bond donors (Lipinski definition) is 2. The average Bonchev–Trinajstić information content (AvgIpc) is 2.89. The molecule has 0 atom stereocenters. The molecule has 0 saturated carbocycles. The summed E-state index contributed by atoms with van der Waals surface area (Å²) >= 11 is 6.83. The lowest BCUT2D eigenvalue weighted by Crippen LogP contribution is -2.39. The average molecular weight is 281 g/mol. The first-order chi connectivity index (χ1) is 8.84. The van der Waals surface area contributed by atoms with E-state index in [1.807, 2.05) is 23.2 Å². The fourth-order valence-electron chi connectivity index (χ4n) is 1.42. The molecular formula is C11H15N5S2. The standard InChI is InChI=1S/C11H15N5S2/c17-10(15-11-14-4-2-8-18-11)13-3-1-6-16-7-5-12-9-16/h2,4-5,7,9H,1,3,6,8H2,(H2,13,14,15,17). The second kappa shape index (κ2) is 7.17. The summed E-state index contributed by atoms with van der Waals surface area (Å²) in [6.45, 7) is 1.77. The third-order valence-corrected chi connectivity index (χ3v) is 3.36. The third kappa shape index (κ3) is 4.50. The molecule has 0 aromatic carbocycles. The first kappa shape index (κ1) is 13.1. The van der Waals surface area contributed by atoms with Gasteiger partial charge in [0.2, 0.25) is 0 Å². The minimum atomic E-state index is 0.627. The summed E-state index contributed by atoms with van der Waals surface area (Å²) in [5.74, 6) is 0.940. The highest BCUT2D eigenvalue weighted by Gasteiger charge is 2.03. The van der Waals surface area contributed by atoms with E-state index in [1.54, 1.807) is 24.2 Å². The highest BCUT2D eigenvalue weighted by Crippen LogP contribution is 2.07. The zero-order valence-corrected chi connectivity index (χ0v) is 11.5. The van der Waals surface area contributed by atoms with E-state index in [1.165, 1.54) is 0 Å². The number of imidazole rings is 1. The summed E-state index contributed by atoms with van der Waals surface area (Å²) in [7, 11) is 0. The number of aliphatic imine (C=N–C) groups is 1. The molecule has 0 amide bonds. The molecule has 1 aromatic heterocycles. The van der Waals surface area contributed by atoms with Crippen molar-refractivity contribution in [2.75, 3.05) is 12.3 Å². The minimum absolute atomic E-state index is 0.627. The van der Waals surface area contributed by atoms with Gasteiger partial charge in [-0.25, -0.2) is 9.98 Å². The van der Waals surface area contributed by atoms with E-state index in [4.69, 9.17) is 12.2 Å². The van der Waals surface area contributed by atoms with Gasteiger partial charge in [-0.15, -0.1) is 0 Å². The first-order valence-corrected chi connectivity index (χ1v) is 7.10. The van der Waals surface area contributed by atoms with Crippen LogP contribution in [0.4, 0.5) is 0 Å². The number of amidine groups is 1. The number of thioether (sulfide) groups is 1. The van der Waals surface area contributed by atoms with Gasteiger partial charge >= 0.3 is 0 Å². The summed E-state index contributed by atoms with van der Waals surface area (Å²) < 4.78 is 2.05. The van der Waals surface area contributed by atoms with Crippen molar-refractivity contribution < 1.29 is 0 Å². The van der Waals surface area contributed by atoms with Gasteiger partial charge in [0, 0.05) is 37.4 Å². The van der Waals surface area contributed by atoms with E-state index < -0.39 is 0 Å². The molecule has 1 aliphatic rings. The Bertz CT molecular complexity index is 438. The molecule has 2 heterocycles. The topological polar surface area (TPSA) is 54.2 Å². The van der Waals surface area contributed by atoms with Crippen LogP contribution in [0.3, 0.4) is 0 Å². The van der Waals surface area contributed by atoms with Crippen molar-refractivity contribution in [3.05, 3.63) is 31.0 Å². The number of rotatable bonds is 4. The zero-order valence-electron chi connectivity index (χ0n) is 9.87. The first-order valence-electron chi connectivity index (χ1n) is 5.71. The Hall–Kier alpha value is -1.34. The van der Waals surface area contributed by atoms with Gasteiger partial charge in [-0.3, -0.25) is 0 Å².